The lowest BCUT2D eigenvalue weighted by Gasteiger charge is -2.36. The van der Waals surface area contributed by atoms with Gasteiger partial charge in [-0.25, -0.2) is 4.98 Å². The molecule has 6 heteroatoms. The van der Waals surface area contributed by atoms with Gasteiger partial charge in [-0.1, -0.05) is 24.3 Å². The smallest absolute Gasteiger partial charge is 0.274 e. The summed E-state index contributed by atoms with van der Waals surface area (Å²) in [5.41, 5.74) is 3.29. The van der Waals surface area contributed by atoms with Crippen LogP contribution in [0.1, 0.15) is 34.5 Å². The number of nitrogens with zero attached hydrogens (tertiary/aromatic N) is 5. The molecule has 1 saturated heterocycles. The van der Waals surface area contributed by atoms with Crippen molar-refractivity contribution in [3.05, 3.63) is 53.5 Å². The van der Waals surface area contributed by atoms with Crippen LogP contribution >= 0.6 is 0 Å². The molecule has 1 amide bonds. The number of anilines is 1. The number of aromatic nitrogens is 2. The van der Waals surface area contributed by atoms with Gasteiger partial charge in [0, 0.05) is 39.3 Å². The number of hydrogen-bond donors (Lipinski definition) is 0. The van der Waals surface area contributed by atoms with Crippen molar-refractivity contribution in [3.63, 3.8) is 0 Å². The van der Waals surface area contributed by atoms with Crippen LogP contribution in [0.3, 0.4) is 0 Å². The topological polar surface area (TPSA) is 52.6 Å². The second-order valence-corrected chi connectivity index (χ2v) is 7.68. The van der Waals surface area contributed by atoms with Crippen LogP contribution in [-0.2, 0) is 13.0 Å². The Morgan fingerprint density at radius 3 is 2.70 bits per heavy atom. The van der Waals surface area contributed by atoms with Gasteiger partial charge in [-0.15, -0.1) is 0 Å². The highest BCUT2D eigenvalue weighted by Crippen LogP contribution is 2.23. The Kier molecular flexibility index (Phi) is 5.07. The molecule has 0 aliphatic carbocycles. The van der Waals surface area contributed by atoms with Crippen molar-refractivity contribution in [2.75, 3.05) is 38.6 Å². The molecule has 2 aliphatic heterocycles. The van der Waals surface area contributed by atoms with Gasteiger partial charge in [0.25, 0.3) is 5.91 Å². The summed E-state index contributed by atoms with van der Waals surface area (Å²) in [7, 11) is 4.20. The first-order chi connectivity index (χ1) is 13.1. The van der Waals surface area contributed by atoms with Gasteiger partial charge in [-0.2, -0.15) is 0 Å². The third-order valence-corrected chi connectivity index (χ3v) is 5.73. The van der Waals surface area contributed by atoms with Gasteiger partial charge in [0.1, 0.15) is 11.5 Å². The minimum atomic E-state index is -0.000961. The molecular weight excluding hydrogens is 338 g/mol. The summed E-state index contributed by atoms with van der Waals surface area (Å²) < 4.78 is 0. The van der Waals surface area contributed by atoms with E-state index in [1.165, 1.54) is 11.1 Å². The molecule has 2 aliphatic rings. The molecule has 0 bridgehead atoms. The SMILES string of the molecule is CN(C[C@H]1Cc2ccccc2CN1C)c1cncc(C(=O)N2CCCC2)n1. The summed E-state index contributed by atoms with van der Waals surface area (Å²) in [4.78, 5) is 27.9. The number of amides is 1. The fraction of sp³-hybridized carbons (Fsp3) is 0.476. The zero-order valence-corrected chi connectivity index (χ0v) is 16.1. The minimum Gasteiger partial charge on any atom is -0.357 e. The highest BCUT2D eigenvalue weighted by Gasteiger charge is 2.25. The van der Waals surface area contributed by atoms with E-state index < -0.39 is 0 Å². The van der Waals surface area contributed by atoms with Gasteiger partial charge < -0.3 is 9.80 Å². The first-order valence-electron chi connectivity index (χ1n) is 9.71. The molecule has 142 valence electrons. The first kappa shape index (κ1) is 17.9. The first-order valence-corrected chi connectivity index (χ1v) is 9.71. The van der Waals surface area contributed by atoms with Crippen LogP contribution in [0, 0.1) is 0 Å². The van der Waals surface area contributed by atoms with Crippen molar-refractivity contribution < 1.29 is 4.79 Å². The van der Waals surface area contributed by atoms with E-state index in [1.54, 1.807) is 12.4 Å². The summed E-state index contributed by atoms with van der Waals surface area (Å²) in [5, 5.41) is 0. The summed E-state index contributed by atoms with van der Waals surface area (Å²) in [6.45, 7) is 3.47. The summed E-state index contributed by atoms with van der Waals surface area (Å²) in [6, 6.07) is 9.07. The van der Waals surface area contributed by atoms with Gasteiger partial charge >= 0.3 is 0 Å². The molecule has 3 heterocycles. The molecule has 0 N–H and O–H groups in total. The Bertz CT molecular complexity index is 818. The number of benzene rings is 1. The van der Waals surface area contributed by atoms with E-state index in [2.05, 4.69) is 51.1 Å². The molecule has 2 aromatic rings. The van der Waals surface area contributed by atoms with Crippen LogP contribution in [0.4, 0.5) is 5.82 Å². The number of likely N-dealkylation sites (tertiary alicyclic amines) is 1. The van der Waals surface area contributed by atoms with Crippen molar-refractivity contribution in [1.29, 1.82) is 0 Å². The standard InChI is InChI=1S/C21H27N5O/c1-24-14-17-8-4-3-7-16(17)11-18(24)15-25(2)20-13-22-12-19(23-20)21(27)26-9-5-6-10-26/h3-4,7-8,12-13,18H,5-6,9-11,14-15H2,1-2H3/t18-/m1/s1. The summed E-state index contributed by atoms with van der Waals surface area (Å²) in [6.07, 6.45) is 6.51. The number of hydrogen-bond acceptors (Lipinski definition) is 5. The molecule has 27 heavy (non-hydrogen) atoms. The number of rotatable bonds is 4. The van der Waals surface area contributed by atoms with E-state index in [4.69, 9.17) is 0 Å². The van der Waals surface area contributed by atoms with E-state index in [-0.39, 0.29) is 5.91 Å². The highest BCUT2D eigenvalue weighted by molar-refractivity contribution is 5.92. The van der Waals surface area contributed by atoms with Gasteiger partial charge in [0.15, 0.2) is 0 Å². The monoisotopic (exact) mass is 365 g/mol. The number of likely N-dealkylation sites (N-methyl/N-ethyl adjacent to an activating group) is 2. The third kappa shape index (κ3) is 3.81. The van der Waals surface area contributed by atoms with E-state index in [9.17, 15) is 4.79 Å². The predicted octanol–water partition coefficient (Wildman–Crippen LogP) is 2.21. The molecule has 0 unspecified atom stereocenters. The zero-order valence-electron chi connectivity index (χ0n) is 16.1. The molecule has 0 saturated carbocycles. The molecule has 1 aromatic heterocycles. The average molecular weight is 365 g/mol. The second-order valence-electron chi connectivity index (χ2n) is 7.68. The Labute approximate surface area is 160 Å². The summed E-state index contributed by atoms with van der Waals surface area (Å²) in [5.74, 6) is 0.756. The van der Waals surface area contributed by atoms with Crippen LogP contribution < -0.4 is 4.90 Å². The van der Waals surface area contributed by atoms with Gasteiger partial charge in [-0.3, -0.25) is 14.7 Å². The van der Waals surface area contributed by atoms with Crippen molar-refractivity contribution >= 4 is 11.7 Å². The van der Waals surface area contributed by atoms with Gasteiger partial charge in [0.05, 0.1) is 12.4 Å². The maximum Gasteiger partial charge on any atom is 0.274 e. The number of carbonyl (C=O) groups is 1. The van der Waals surface area contributed by atoms with Crippen LogP contribution in [0.2, 0.25) is 0 Å². The van der Waals surface area contributed by atoms with Gasteiger partial charge in [-0.05, 0) is 37.4 Å². The molecule has 6 nitrogen and oxygen atoms in total. The minimum absolute atomic E-state index is 0.000961. The Morgan fingerprint density at radius 1 is 1.19 bits per heavy atom. The van der Waals surface area contributed by atoms with Crippen molar-refractivity contribution in [2.45, 2.75) is 31.8 Å². The lowest BCUT2D eigenvalue weighted by atomic mass is 9.94. The van der Waals surface area contributed by atoms with E-state index >= 15 is 0 Å². The van der Waals surface area contributed by atoms with Crippen LogP contribution in [0.5, 0.6) is 0 Å². The van der Waals surface area contributed by atoms with E-state index in [1.807, 2.05) is 11.9 Å². The van der Waals surface area contributed by atoms with Crippen molar-refractivity contribution in [2.24, 2.45) is 0 Å². The quantitative estimate of drug-likeness (QED) is 0.831. The molecular formula is C21H27N5O. The second kappa shape index (κ2) is 7.64. The van der Waals surface area contributed by atoms with Crippen molar-refractivity contribution in [1.82, 2.24) is 19.8 Å². The maximum absolute atomic E-state index is 12.6. The van der Waals surface area contributed by atoms with E-state index in [0.717, 1.165) is 51.3 Å². The maximum atomic E-state index is 12.6. The molecule has 1 atom stereocenters. The van der Waals surface area contributed by atoms with Gasteiger partial charge in [0.2, 0.25) is 0 Å². The molecule has 0 radical (unpaired) electrons. The largest absolute Gasteiger partial charge is 0.357 e. The van der Waals surface area contributed by atoms with Crippen LogP contribution in [0.25, 0.3) is 0 Å². The van der Waals surface area contributed by atoms with Crippen molar-refractivity contribution in [3.8, 4) is 0 Å². The normalized spacial score (nSPS) is 19.8. The Morgan fingerprint density at radius 2 is 1.93 bits per heavy atom. The average Bonchev–Trinajstić information content (AvgIpc) is 3.23. The Hall–Kier alpha value is -2.47. The van der Waals surface area contributed by atoms with E-state index in [0.29, 0.717) is 11.7 Å². The number of carbonyl (C=O) groups excluding carboxylic acids is 1. The third-order valence-electron chi connectivity index (χ3n) is 5.73. The molecule has 1 fully saturated rings. The Balaban J connectivity index is 1.46. The fourth-order valence-corrected chi connectivity index (χ4v) is 4.06. The van der Waals surface area contributed by atoms with Crippen LogP contribution in [0.15, 0.2) is 36.7 Å². The van der Waals surface area contributed by atoms with Crippen LogP contribution in [-0.4, -0.2) is 65.4 Å². The predicted molar refractivity (Wildman–Crippen MR) is 106 cm³/mol. The number of fused-ring (bicyclic) bond motifs is 1. The molecule has 1 aromatic carbocycles. The summed E-state index contributed by atoms with van der Waals surface area (Å²) >= 11 is 0. The zero-order chi connectivity index (χ0) is 18.8. The fourth-order valence-electron chi connectivity index (χ4n) is 4.06. The highest BCUT2D eigenvalue weighted by atomic mass is 16.2. The molecule has 4 rings (SSSR count). The lowest BCUT2D eigenvalue weighted by molar-refractivity contribution is 0.0786. The molecule has 0 spiro atoms. The lowest BCUT2D eigenvalue weighted by Crippen LogP contribution is -2.45.